The van der Waals surface area contributed by atoms with E-state index in [0.29, 0.717) is 0 Å². The molecular weight excluding hydrogens is 333 g/mol. The molecule has 2 aromatic rings. The van der Waals surface area contributed by atoms with Crippen LogP contribution >= 0.6 is 0 Å². The van der Waals surface area contributed by atoms with Crippen LogP contribution in [0.2, 0.25) is 0 Å². The van der Waals surface area contributed by atoms with Crippen molar-refractivity contribution in [2.45, 2.75) is 5.51 Å². The van der Waals surface area contributed by atoms with Crippen LogP contribution in [0.15, 0.2) is 33.5 Å². The van der Waals surface area contributed by atoms with Crippen LogP contribution in [0.4, 0.5) is 13.2 Å². The van der Waals surface area contributed by atoms with Gasteiger partial charge in [-0.3, -0.25) is 0 Å². The summed E-state index contributed by atoms with van der Waals surface area (Å²) >= 11 is 0. The number of carboxylic acid groups (broad SMARTS) is 1. The normalized spacial score (nSPS) is 12.3. The molecular formula is C11H5F3O7S. The molecule has 0 saturated heterocycles. The van der Waals surface area contributed by atoms with Gasteiger partial charge in [-0.1, -0.05) is 0 Å². The average Bonchev–Trinajstić information content (AvgIpc) is 2.35. The highest BCUT2D eigenvalue weighted by atomic mass is 32.2. The van der Waals surface area contributed by atoms with E-state index in [9.17, 15) is 31.2 Å². The van der Waals surface area contributed by atoms with Crippen LogP contribution < -0.4 is 9.81 Å². The first-order valence-electron chi connectivity index (χ1n) is 5.33. The largest absolute Gasteiger partial charge is 0.534 e. The molecule has 0 amide bonds. The first-order chi connectivity index (χ1) is 10.0. The van der Waals surface area contributed by atoms with Gasteiger partial charge >= 0.3 is 27.2 Å². The van der Waals surface area contributed by atoms with Crippen LogP contribution in [0.5, 0.6) is 5.75 Å². The topological polar surface area (TPSA) is 111 Å². The molecule has 0 unspecified atom stereocenters. The van der Waals surface area contributed by atoms with Gasteiger partial charge in [0.2, 0.25) is 0 Å². The summed E-state index contributed by atoms with van der Waals surface area (Å²) in [4.78, 5) is 22.1. The van der Waals surface area contributed by atoms with Crippen molar-refractivity contribution in [1.29, 1.82) is 0 Å². The third-order valence-corrected chi connectivity index (χ3v) is 3.41. The molecule has 11 heteroatoms. The van der Waals surface area contributed by atoms with Crippen molar-refractivity contribution in [3.8, 4) is 5.75 Å². The van der Waals surface area contributed by atoms with Crippen molar-refractivity contribution in [3.05, 3.63) is 40.2 Å². The predicted molar refractivity (Wildman–Crippen MR) is 65.0 cm³/mol. The Balaban J connectivity index is 2.51. The van der Waals surface area contributed by atoms with Gasteiger partial charge in [0.15, 0.2) is 0 Å². The minimum atomic E-state index is -5.87. The van der Waals surface area contributed by atoms with Gasteiger partial charge in [-0.25, -0.2) is 9.59 Å². The Bertz CT molecular complexity index is 911. The van der Waals surface area contributed by atoms with E-state index < -0.39 is 38.5 Å². The minimum absolute atomic E-state index is 0.0637. The molecule has 0 fully saturated rings. The van der Waals surface area contributed by atoms with Gasteiger partial charge in [-0.05, 0) is 18.2 Å². The second-order valence-corrected chi connectivity index (χ2v) is 5.47. The number of aromatic carboxylic acids is 1. The molecule has 0 spiro atoms. The third-order valence-electron chi connectivity index (χ3n) is 2.43. The zero-order chi connectivity index (χ0) is 16.7. The molecule has 1 heterocycles. The number of carbonyl (C=O) groups is 1. The summed E-state index contributed by atoms with van der Waals surface area (Å²) in [7, 11) is -5.87. The summed E-state index contributed by atoms with van der Waals surface area (Å²) in [5, 5.41) is 8.80. The number of halogens is 3. The van der Waals surface area contributed by atoms with E-state index in [0.717, 1.165) is 24.3 Å². The standard InChI is InChI=1S/C11H5F3O7S/c12-11(13,14)22(18,19)21-6-2-1-5-3-7(9(15)16)10(17)20-8(5)4-6/h1-4H,(H,15,16). The first-order valence-corrected chi connectivity index (χ1v) is 6.74. The highest BCUT2D eigenvalue weighted by Crippen LogP contribution is 2.28. The van der Waals surface area contributed by atoms with E-state index in [1.165, 1.54) is 0 Å². The summed E-state index contributed by atoms with van der Waals surface area (Å²) < 4.78 is 66.7. The fourth-order valence-corrected chi connectivity index (χ4v) is 1.92. The van der Waals surface area contributed by atoms with Gasteiger partial charge in [0.05, 0.1) is 0 Å². The van der Waals surface area contributed by atoms with Gasteiger partial charge in [0.25, 0.3) is 0 Å². The molecule has 0 atom stereocenters. The quantitative estimate of drug-likeness (QED) is 0.515. The molecule has 1 N–H and O–H groups in total. The number of benzene rings is 1. The van der Waals surface area contributed by atoms with E-state index in [4.69, 9.17) is 5.11 Å². The number of hydrogen-bond acceptors (Lipinski definition) is 6. The molecule has 0 bridgehead atoms. The lowest BCUT2D eigenvalue weighted by molar-refractivity contribution is -0.0500. The van der Waals surface area contributed by atoms with Crippen LogP contribution in [0, 0.1) is 0 Å². The number of carboxylic acids is 1. The molecule has 0 saturated carbocycles. The second-order valence-electron chi connectivity index (χ2n) is 3.94. The molecule has 22 heavy (non-hydrogen) atoms. The van der Waals surface area contributed by atoms with Crippen molar-refractivity contribution >= 4 is 27.1 Å². The third kappa shape index (κ3) is 2.88. The van der Waals surface area contributed by atoms with Crippen molar-refractivity contribution in [2.24, 2.45) is 0 Å². The summed E-state index contributed by atoms with van der Waals surface area (Å²) in [5.74, 6) is -2.29. The summed E-state index contributed by atoms with van der Waals surface area (Å²) in [6, 6.07) is 3.57. The Morgan fingerprint density at radius 3 is 2.41 bits per heavy atom. The Morgan fingerprint density at radius 1 is 1.23 bits per heavy atom. The first kappa shape index (κ1) is 15.8. The maximum Gasteiger partial charge on any atom is 0.534 e. The van der Waals surface area contributed by atoms with Crippen molar-refractivity contribution < 1.29 is 40.1 Å². The van der Waals surface area contributed by atoms with Crippen molar-refractivity contribution in [1.82, 2.24) is 0 Å². The van der Waals surface area contributed by atoms with Crippen molar-refractivity contribution in [3.63, 3.8) is 0 Å². The Kier molecular flexibility index (Phi) is 3.61. The van der Waals surface area contributed by atoms with E-state index in [-0.39, 0.29) is 11.0 Å². The van der Waals surface area contributed by atoms with E-state index in [1.807, 2.05) is 0 Å². The van der Waals surface area contributed by atoms with Gasteiger partial charge < -0.3 is 13.7 Å². The Morgan fingerprint density at radius 2 is 1.86 bits per heavy atom. The molecule has 1 aromatic carbocycles. The molecule has 0 aliphatic carbocycles. The van der Waals surface area contributed by atoms with Crippen LogP contribution in [0.3, 0.4) is 0 Å². The zero-order valence-corrected chi connectivity index (χ0v) is 11.1. The molecule has 0 radical (unpaired) electrons. The average molecular weight is 338 g/mol. The molecule has 2 rings (SSSR count). The fraction of sp³-hybridized carbons (Fsp3) is 0.0909. The number of alkyl halides is 3. The number of fused-ring (bicyclic) bond motifs is 1. The van der Waals surface area contributed by atoms with E-state index >= 15 is 0 Å². The highest BCUT2D eigenvalue weighted by molar-refractivity contribution is 7.88. The molecule has 1 aromatic heterocycles. The van der Waals surface area contributed by atoms with E-state index in [2.05, 4.69) is 8.60 Å². The van der Waals surface area contributed by atoms with Crippen LogP contribution in [-0.4, -0.2) is 25.0 Å². The maximum atomic E-state index is 12.2. The van der Waals surface area contributed by atoms with Crippen LogP contribution in [0.25, 0.3) is 11.0 Å². The summed E-state index contributed by atoms with van der Waals surface area (Å²) in [5.41, 5.74) is -7.86. The highest BCUT2D eigenvalue weighted by Gasteiger charge is 2.48. The van der Waals surface area contributed by atoms with Gasteiger partial charge in [-0.2, -0.15) is 21.6 Å². The maximum absolute atomic E-state index is 12.2. The summed E-state index contributed by atoms with van der Waals surface area (Å²) in [6.45, 7) is 0. The van der Waals surface area contributed by atoms with Crippen LogP contribution in [-0.2, 0) is 10.1 Å². The lowest BCUT2D eigenvalue weighted by Gasteiger charge is -2.09. The van der Waals surface area contributed by atoms with Gasteiger partial charge in [-0.15, -0.1) is 0 Å². The predicted octanol–water partition coefficient (Wildman–Crippen LogP) is 1.72. The molecule has 0 aliphatic rings. The Labute approximate surface area is 119 Å². The lowest BCUT2D eigenvalue weighted by atomic mass is 10.2. The van der Waals surface area contributed by atoms with Crippen LogP contribution in [0.1, 0.15) is 10.4 Å². The van der Waals surface area contributed by atoms with E-state index in [1.54, 1.807) is 0 Å². The number of rotatable bonds is 3. The molecule has 118 valence electrons. The van der Waals surface area contributed by atoms with Gasteiger partial charge in [0, 0.05) is 11.5 Å². The number of hydrogen-bond donors (Lipinski definition) is 1. The molecule has 0 aliphatic heterocycles. The Hall–Kier alpha value is -2.56. The lowest BCUT2D eigenvalue weighted by Crippen LogP contribution is -2.28. The molecule has 7 nitrogen and oxygen atoms in total. The van der Waals surface area contributed by atoms with Gasteiger partial charge in [0.1, 0.15) is 16.9 Å². The SMILES string of the molecule is O=C(O)c1cc2ccc(OS(=O)(=O)C(F)(F)F)cc2oc1=O. The smallest absolute Gasteiger partial charge is 0.477 e. The van der Waals surface area contributed by atoms with Crippen molar-refractivity contribution in [2.75, 3.05) is 0 Å². The fourth-order valence-electron chi connectivity index (χ4n) is 1.47. The second kappa shape index (κ2) is 5.02. The minimum Gasteiger partial charge on any atom is -0.477 e. The summed E-state index contributed by atoms with van der Waals surface area (Å²) in [6.07, 6.45) is 0. The zero-order valence-electron chi connectivity index (χ0n) is 10.2. The monoisotopic (exact) mass is 338 g/mol.